The topological polar surface area (TPSA) is 72.5 Å². The van der Waals surface area contributed by atoms with Gasteiger partial charge in [-0.15, -0.1) is 0 Å². The van der Waals surface area contributed by atoms with Crippen LogP contribution < -0.4 is 10.5 Å². The molecule has 0 aliphatic carbocycles. The third-order valence-corrected chi connectivity index (χ3v) is 2.68. The number of carboxylic acid groups (broad SMARTS) is 1. The highest BCUT2D eigenvalue weighted by molar-refractivity contribution is 5.97. The molecule has 0 atom stereocenters. The van der Waals surface area contributed by atoms with Gasteiger partial charge in [-0.2, -0.15) is 0 Å². The normalized spacial score (nSPS) is 10.2. The first kappa shape index (κ1) is 12.9. The van der Waals surface area contributed by atoms with E-state index >= 15 is 0 Å². The Kier molecular flexibility index (Phi) is 3.37. The molecule has 2 aromatic carbocycles. The molecule has 0 saturated heterocycles. The van der Waals surface area contributed by atoms with Crippen molar-refractivity contribution in [3.05, 3.63) is 53.3 Å². The number of hydrogen-bond donors (Lipinski definition) is 2. The number of hydrogen-bond acceptors (Lipinski definition) is 3. The summed E-state index contributed by atoms with van der Waals surface area (Å²) in [7, 11) is 0. The lowest BCUT2D eigenvalue weighted by Crippen LogP contribution is -2.07. The van der Waals surface area contributed by atoms with Gasteiger partial charge in [0.15, 0.2) is 0 Å². The summed E-state index contributed by atoms with van der Waals surface area (Å²) in [5.41, 5.74) is 5.47. The van der Waals surface area contributed by atoms with Crippen molar-refractivity contribution in [1.82, 2.24) is 0 Å². The Morgan fingerprint density at radius 3 is 2.53 bits per heavy atom. The summed E-state index contributed by atoms with van der Waals surface area (Å²) in [6, 6.07) is 9.44. The molecule has 5 heteroatoms. The molecule has 2 rings (SSSR count). The van der Waals surface area contributed by atoms with Crippen LogP contribution in [0.3, 0.4) is 0 Å². The minimum Gasteiger partial charge on any atom is -0.477 e. The second-order valence-corrected chi connectivity index (χ2v) is 4.01. The zero-order valence-corrected chi connectivity index (χ0v) is 10.2. The summed E-state index contributed by atoms with van der Waals surface area (Å²) >= 11 is 0. The first-order chi connectivity index (χ1) is 9.00. The zero-order valence-electron chi connectivity index (χ0n) is 10.2. The van der Waals surface area contributed by atoms with Crippen LogP contribution in [0.2, 0.25) is 0 Å². The van der Waals surface area contributed by atoms with Crippen LogP contribution in [0.1, 0.15) is 15.9 Å². The second-order valence-electron chi connectivity index (χ2n) is 4.01. The molecule has 4 nitrogen and oxygen atoms in total. The molecule has 2 aromatic rings. The zero-order chi connectivity index (χ0) is 14.0. The number of benzene rings is 2. The van der Waals surface area contributed by atoms with E-state index in [0.717, 1.165) is 11.6 Å². The first-order valence-corrected chi connectivity index (χ1v) is 5.55. The quantitative estimate of drug-likeness (QED) is 0.832. The molecule has 3 N–H and O–H groups in total. The Morgan fingerprint density at radius 1 is 1.21 bits per heavy atom. The number of carbonyl (C=O) groups is 1. The van der Waals surface area contributed by atoms with E-state index in [1.54, 1.807) is 12.1 Å². The summed E-state index contributed by atoms with van der Waals surface area (Å²) < 4.78 is 18.8. The SMILES string of the molecule is Cc1ccccc1Oc1ccc(F)c(N)c1C(=O)O. The van der Waals surface area contributed by atoms with Gasteiger partial charge >= 0.3 is 5.97 Å². The molecule has 19 heavy (non-hydrogen) atoms. The maximum atomic E-state index is 13.3. The predicted molar refractivity (Wildman–Crippen MR) is 69.0 cm³/mol. The summed E-state index contributed by atoms with van der Waals surface area (Å²) in [6.45, 7) is 1.82. The fourth-order valence-corrected chi connectivity index (χ4v) is 1.67. The Balaban J connectivity index is 2.49. The first-order valence-electron chi connectivity index (χ1n) is 5.55. The lowest BCUT2D eigenvalue weighted by atomic mass is 10.1. The van der Waals surface area contributed by atoms with Gasteiger partial charge in [-0.25, -0.2) is 9.18 Å². The largest absolute Gasteiger partial charge is 0.477 e. The Hall–Kier alpha value is -2.56. The van der Waals surface area contributed by atoms with Gasteiger partial charge in [0.05, 0.1) is 5.69 Å². The van der Waals surface area contributed by atoms with Crippen LogP contribution in [0.5, 0.6) is 11.5 Å². The number of aromatic carboxylic acids is 1. The van der Waals surface area contributed by atoms with Crippen molar-refractivity contribution in [3.63, 3.8) is 0 Å². The van der Waals surface area contributed by atoms with Gasteiger partial charge < -0.3 is 15.6 Å². The molecule has 0 saturated carbocycles. The van der Waals surface area contributed by atoms with Gasteiger partial charge in [-0.1, -0.05) is 18.2 Å². The molecule has 0 aliphatic rings. The van der Waals surface area contributed by atoms with Gasteiger partial charge in [0.1, 0.15) is 22.9 Å². The molecule has 0 bridgehead atoms. The summed E-state index contributed by atoms with van der Waals surface area (Å²) in [5, 5.41) is 9.09. The van der Waals surface area contributed by atoms with Crippen molar-refractivity contribution in [2.75, 3.05) is 5.73 Å². The summed E-state index contributed by atoms with van der Waals surface area (Å²) in [4.78, 5) is 11.1. The van der Waals surface area contributed by atoms with Crippen molar-refractivity contribution in [2.45, 2.75) is 6.92 Å². The van der Waals surface area contributed by atoms with E-state index in [-0.39, 0.29) is 11.3 Å². The van der Waals surface area contributed by atoms with Crippen LogP contribution in [0, 0.1) is 12.7 Å². The van der Waals surface area contributed by atoms with Crippen molar-refractivity contribution in [2.24, 2.45) is 0 Å². The molecule has 98 valence electrons. The fourth-order valence-electron chi connectivity index (χ4n) is 1.67. The minimum atomic E-state index is -1.33. The average molecular weight is 261 g/mol. The third-order valence-electron chi connectivity index (χ3n) is 2.68. The molecule has 0 heterocycles. The summed E-state index contributed by atoms with van der Waals surface area (Å²) in [5.74, 6) is -1.60. The number of para-hydroxylation sites is 1. The highest BCUT2D eigenvalue weighted by Crippen LogP contribution is 2.32. The fraction of sp³-hybridized carbons (Fsp3) is 0.0714. The molecular weight excluding hydrogens is 249 g/mol. The number of ether oxygens (including phenoxy) is 1. The monoisotopic (exact) mass is 261 g/mol. The van der Waals surface area contributed by atoms with Gasteiger partial charge in [0.25, 0.3) is 0 Å². The van der Waals surface area contributed by atoms with E-state index < -0.39 is 17.5 Å². The molecule has 0 radical (unpaired) electrons. The number of rotatable bonds is 3. The van der Waals surface area contributed by atoms with Gasteiger partial charge in [-0.3, -0.25) is 0 Å². The van der Waals surface area contributed by atoms with E-state index in [9.17, 15) is 9.18 Å². The molecule has 0 unspecified atom stereocenters. The molecule has 0 aliphatic heterocycles. The minimum absolute atomic E-state index is 0.0145. The summed E-state index contributed by atoms with van der Waals surface area (Å²) in [6.07, 6.45) is 0. The third kappa shape index (κ3) is 2.49. The number of anilines is 1. The van der Waals surface area contributed by atoms with Crippen molar-refractivity contribution in [1.29, 1.82) is 0 Å². The van der Waals surface area contributed by atoms with Crippen LogP contribution in [0.25, 0.3) is 0 Å². The molecule has 0 spiro atoms. The van der Waals surface area contributed by atoms with Crippen LogP contribution in [-0.4, -0.2) is 11.1 Å². The Morgan fingerprint density at radius 2 is 1.89 bits per heavy atom. The number of nitrogen functional groups attached to an aromatic ring is 1. The highest BCUT2D eigenvalue weighted by Gasteiger charge is 2.19. The molecular formula is C14H12FNO3. The van der Waals surface area contributed by atoms with Gasteiger partial charge in [0.2, 0.25) is 0 Å². The van der Waals surface area contributed by atoms with Crippen molar-refractivity contribution < 1.29 is 19.0 Å². The van der Waals surface area contributed by atoms with E-state index in [0.29, 0.717) is 5.75 Å². The molecule has 0 amide bonds. The van der Waals surface area contributed by atoms with E-state index in [2.05, 4.69) is 0 Å². The second kappa shape index (κ2) is 4.97. The smallest absolute Gasteiger partial charge is 0.341 e. The highest BCUT2D eigenvalue weighted by atomic mass is 19.1. The van der Waals surface area contributed by atoms with E-state index in [1.165, 1.54) is 6.07 Å². The van der Waals surface area contributed by atoms with Crippen LogP contribution in [-0.2, 0) is 0 Å². The predicted octanol–water partition coefficient (Wildman–Crippen LogP) is 3.21. The van der Waals surface area contributed by atoms with Crippen LogP contribution >= 0.6 is 0 Å². The lowest BCUT2D eigenvalue weighted by Gasteiger charge is -2.12. The van der Waals surface area contributed by atoms with Crippen molar-refractivity contribution in [3.8, 4) is 11.5 Å². The maximum absolute atomic E-state index is 13.3. The lowest BCUT2D eigenvalue weighted by molar-refractivity contribution is 0.0695. The number of carboxylic acids is 1. The van der Waals surface area contributed by atoms with Gasteiger partial charge in [-0.05, 0) is 30.7 Å². The molecule has 0 fully saturated rings. The standard InChI is InChI=1S/C14H12FNO3/c1-8-4-2-3-5-10(8)19-11-7-6-9(15)13(16)12(11)14(17)18/h2-7H,16H2,1H3,(H,17,18). The van der Waals surface area contributed by atoms with Crippen molar-refractivity contribution >= 4 is 11.7 Å². The van der Waals surface area contributed by atoms with Gasteiger partial charge in [0, 0.05) is 0 Å². The Labute approximate surface area is 109 Å². The number of nitrogens with two attached hydrogens (primary N) is 1. The van der Waals surface area contributed by atoms with Crippen LogP contribution in [0.15, 0.2) is 36.4 Å². The molecule has 0 aromatic heterocycles. The van der Waals surface area contributed by atoms with Crippen LogP contribution in [0.4, 0.5) is 10.1 Å². The maximum Gasteiger partial charge on any atom is 0.341 e. The van der Waals surface area contributed by atoms with E-state index in [1.807, 2.05) is 19.1 Å². The Bertz CT molecular complexity index is 641. The van der Waals surface area contributed by atoms with E-state index in [4.69, 9.17) is 15.6 Å². The number of aryl methyl sites for hydroxylation is 1. The number of halogens is 1. The average Bonchev–Trinajstić information content (AvgIpc) is 2.36.